The Labute approximate surface area is 125 Å². The van der Waals surface area contributed by atoms with Gasteiger partial charge in [-0.2, -0.15) is 0 Å². The first-order valence-corrected chi connectivity index (χ1v) is 7.44. The lowest BCUT2D eigenvalue weighted by atomic mass is 10.1. The largest absolute Gasteiger partial charge is 0.494 e. The molecule has 1 aromatic carbocycles. The third kappa shape index (κ3) is 3.74. The molecule has 0 spiro atoms. The minimum absolute atomic E-state index is 0.0126. The zero-order valence-electron chi connectivity index (χ0n) is 12.6. The average Bonchev–Trinajstić information content (AvgIpc) is 2.48. The van der Waals surface area contributed by atoms with Gasteiger partial charge in [0.15, 0.2) is 0 Å². The number of hydrogen-bond acceptors (Lipinski definition) is 3. The first-order valence-electron chi connectivity index (χ1n) is 7.44. The van der Waals surface area contributed by atoms with Gasteiger partial charge in [0.25, 0.3) is 0 Å². The van der Waals surface area contributed by atoms with Crippen LogP contribution < -0.4 is 15.0 Å². The van der Waals surface area contributed by atoms with Crippen LogP contribution in [-0.4, -0.2) is 25.5 Å². The maximum Gasteiger partial charge on any atom is 0.227 e. The highest BCUT2D eigenvalue weighted by Crippen LogP contribution is 2.33. The number of nitrogens with zero attached hydrogens (tertiary/aromatic N) is 1. The highest BCUT2D eigenvalue weighted by Gasteiger charge is 2.22. The fourth-order valence-corrected chi connectivity index (χ4v) is 2.49. The number of methoxy groups -OCH3 is 1. The Morgan fingerprint density at radius 1 is 1.38 bits per heavy atom. The molecular formula is C16H22N2O3. The van der Waals surface area contributed by atoms with Crippen molar-refractivity contribution < 1.29 is 14.3 Å². The van der Waals surface area contributed by atoms with Crippen LogP contribution in [0, 0.1) is 0 Å². The third-order valence-electron chi connectivity index (χ3n) is 3.55. The van der Waals surface area contributed by atoms with Crippen molar-refractivity contribution in [3.63, 3.8) is 0 Å². The predicted octanol–water partition coefficient (Wildman–Crippen LogP) is 2.95. The summed E-state index contributed by atoms with van der Waals surface area (Å²) < 4.78 is 5.38. The fourth-order valence-electron chi connectivity index (χ4n) is 2.49. The minimum atomic E-state index is -0.0126. The van der Waals surface area contributed by atoms with Crippen LogP contribution >= 0.6 is 0 Å². The normalized spacial score (nSPS) is 15.0. The second kappa shape index (κ2) is 7.11. The van der Waals surface area contributed by atoms with E-state index in [-0.39, 0.29) is 11.8 Å². The van der Waals surface area contributed by atoms with Crippen molar-refractivity contribution in [1.82, 2.24) is 0 Å². The van der Waals surface area contributed by atoms with Crippen LogP contribution in [0.2, 0.25) is 0 Å². The van der Waals surface area contributed by atoms with Crippen LogP contribution in [0.1, 0.15) is 39.0 Å². The fraction of sp³-hybridized carbons (Fsp3) is 0.500. The van der Waals surface area contributed by atoms with E-state index in [0.717, 1.165) is 31.5 Å². The molecule has 1 aliphatic heterocycles. The Morgan fingerprint density at radius 3 is 2.86 bits per heavy atom. The van der Waals surface area contributed by atoms with E-state index in [2.05, 4.69) is 5.32 Å². The lowest BCUT2D eigenvalue weighted by Gasteiger charge is -2.28. The topological polar surface area (TPSA) is 58.6 Å². The molecule has 21 heavy (non-hydrogen) atoms. The molecule has 2 rings (SSSR count). The highest BCUT2D eigenvalue weighted by molar-refractivity contribution is 5.96. The molecule has 1 aromatic rings. The van der Waals surface area contributed by atoms with E-state index in [1.54, 1.807) is 18.1 Å². The molecule has 1 N–H and O–H groups in total. The maximum absolute atomic E-state index is 12.0. The second-order valence-electron chi connectivity index (χ2n) is 5.19. The van der Waals surface area contributed by atoms with E-state index in [1.165, 1.54) is 0 Å². The first kappa shape index (κ1) is 15.4. The summed E-state index contributed by atoms with van der Waals surface area (Å²) in [6.07, 6.45) is 3.84. The van der Waals surface area contributed by atoms with Gasteiger partial charge >= 0.3 is 0 Å². The Kier molecular flexibility index (Phi) is 5.20. The summed E-state index contributed by atoms with van der Waals surface area (Å²) in [6, 6.07) is 5.42. The lowest BCUT2D eigenvalue weighted by molar-refractivity contribution is -0.119. The quantitative estimate of drug-likeness (QED) is 0.907. The number of carbonyl (C=O) groups is 2. The van der Waals surface area contributed by atoms with Crippen LogP contribution in [0.15, 0.2) is 18.2 Å². The SMILES string of the molecule is CCCC(=O)Nc1ccc(N2CCCCC2=O)c(OC)c1. The molecule has 0 atom stereocenters. The van der Waals surface area contributed by atoms with Gasteiger partial charge in [-0.05, 0) is 31.4 Å². The molecule has 0 unspecified atom stereocenters. The van der Waals surface area contributed by atoms with Gasteiger partial charge in [0.2, 0.25) is 11.8 Å². The third-order valence-corrected chi connectivity index (χ3v) is 3.55. The Balaban J connectivity index is 2.19. The standard InChI is InChI=1S/C16H22N2O3/c1-3-6-15(19)17-12-8-9-13(14(11-12)21-2)18-10-5-4-7-16(18)20/h8-9,11H,3-7,10H2,1-2H3,(H,17,19). The van der Waals surface area contributed by atoms with Crippen LogP contribution in [0.25, 0.3) is 0 Å². The first-order chi connectivity index (χ1) is 10.2. The molecule has 1 saturated heterocycles. The van der Waals surface area contributed by atoms with Crippen LogP contribution in [0.3, 0.4) is 0 Å². The van der Waals surface area contributed by atoms with E-state index in [9.17, 15) is 9.59 Å². The molecule has 0 bridgehead atoms. The van der Waals surface area contributed by atoms with Gasteiger partial charge in [-0.25, -0.2) is 0 Å². The number of benzene rings is 1. The number of carbonyl (C=O) groups excluding carboxylic acids is 2. The zero-order chi connectivity index (χ0) is 15.2. The second-order valence-corrected chi connectivity index (χ2v) is 5.19. The Bertz CT molecular complexity index is 528. The minimum Gasteiger partial charge on any atom is -0.494 e. The molecule has 0 radical (unpaired) electrons. The molecule has 1 heterocycles. The predicted molar refractivity (Wildman–Crippen MR) is 82.7 cm³/mol. The lowest BCUT2D eigenvalue weighted by Crippen LogP contribution is -2.35. The summed E-state index contributed by atoms with van der Waals surface area (Å²) in [7, 11) is 1.57. The molecule has 2 amide bonds. The molecule has 0 aliphatic carbocycles. The summed E-state index contributed by atoms with van der Waals surface area (Å²) in [5.74, 6) is 0.725. The van der Waals surface area contributed by atoms with Crippen molar-refractivity contribution in [3.05, 3.63) is 18.2 Å². The molecule has 5 nitrogen and oxygen atoms in total. The molecule has 0 aromatic heterocycles. The van der Waals surface area contributed by atoms with Gasteiger partial charge in [0.1, 0.15) is 5.75 Å². The molecule has 0 saturated carbocycles. The van der Waals surface area contributed by atoms with Crippen molar-refractivity contribution in [1.29, 1.82) is 0 Å². The van der Waals surface area contributed by atoms with E-state index in [0.29, 0.717) is 24.3 Å². The summed E-state index contributed by atoms with van der Waals surface area (Å²) >= 11 is 0. The number of piperidine rings is 1. The van der Waals surface area contributed by atoms with E-state index < -0.39 is 0 Å². The molecule has 114 valence electrons. The van der Waals surface area contributed by atoms with Crippen molar-refractivity contribution in [2.24, 2.45) is 0 Å². The van der Waals surface area contributed by atoms with E-state index >= 15 is 0 Å². The van der Waals surface area contributed by atoms with Gasteiger partial charge in [-0.3, -0.25) is 9.59 Å². The van der Waals surface area contributed by atoms with Crippen LogP contribution in [-0.2, 0) is 9.59 Å². The summed E-state index contributed by atoms with van der Waals surface area (Å²) in [5.41, 5.74) is 1.47. The Hall–Kier alpha value is -2.04. The van der Waals surface area contributed by atoms with Gasteiger partial charge in [-0.1, -0.05) is 6.92 Å². The highest BCUT2D eigenvalue weighted by atomic mass is 16.5. The van der Waals surface area contributed by atoms with Crippen molar-refractivity contribution in [3.8, 4) is 5.75 Å². The summed E-state index contributed by atoms with van der Waals surface area (Å²) in [6.45, 7) is 2.68. The van der Waals surface area contributed by atoms with Gasteiger partial charge in [-0.15, -0.1) is 0 Å². The van der Waals surface area contributed by atoms with Crippen molar-refractivity contribution in [2.75, 3.05) is 23.9 Å². The van der Waals surface area contributed by atoms with E-state index in [4.69, 9.17) is 4.74 Å². The zero-order valence-corrected chi connectivity index (χ0v) is 12.6. The van der Waals surface area contributed by atoms with E-state index in [1.807, 2.05) is 19.1 Å². The number of nitrogens with one attached hydrogen (secondary N) is 1. The molecule has 5 heteroatoms. The Morgan fingerprint density at radius 2 is 2.19 bits per heavy atom. The maximum atomic E-state index is 12.0. The number of amides is 2. The summed E-state index contributed by atoms with van der Waals surface area (Å²) in [4.78, 5) is 25.4. The van der Waals surface area contributed by atoms with Crippen LogP contribution in [0.4, 0.5) is 11.4 Å². The van der Waals surface area contributed by atoms with Crippen molar-refractivity contribution >= 4 is 23.2 Å². The smallest absolute Gasteiger partial charge is 0.227 e. The number of anilines is 2. The van der Waals surface area contributed by atoms with Crippen LogP contribution in [0.5, 0.6) is 5.75 Å². The molecule has 1 fully saturated rings. The molecule has 1 aliphatic rings. The van der Waals surface area contributed by atoms with Gasteiger partial charge in [0.05, 0.1) is 12.8 Å². The monoisotopic (exact) mass is 290 g/mol. The summed E-state index contributed by atoms with van der Waals surface area (Å²) in [5, 5.41) is 2.84. The van der Waals surface area contributed by atoms with Crippen molar-refractivity contribution in [2.45, 2.75) is 39.0 Å². The number of rotatable bonds is 5. The number of hydrogen-bond donors (Lipinski definition) is 1. The van der Waals surface area contributed by atoms with Gasteiger partial charge in [0, 0.05) is 31.1 Å². The molecular weight excluding hydrogens is 268 g/mol. The average molecular weight is 290 g/mol. The number of ether oxygens (including phenoxy) is 1. The van der Waals surface area contributed by atoms with Gasteiger partial charge < -0.3 is 15.0 Å².